The molecule has 1 aromatic heterocycles. The Labute approximate surface area is 98.3 Å². The van der Waals surface area contributed by atoms with Gasteiger partial charge in [0.05, 0.1) is 0 Å². The Morgan fingerprint density at radius 2 is 2.31 bits per heavy atom. The molecule has 74 valence electrons. The van der Waals surface area contributed by atoms with Crippen molar-refractivity contribution in [3.05, 3.63) is 5.51 Å². The second-order valence-corrected chi connectivity index (χ2v) is 3.14. The van der Waals surface area contributed by atoms with E-state index in [1.807, 2.05) is 19.0 Å². The number of rotatable bonds is 1. The Morgan fingerprint density at radius 3 is 2.69 bits per heavy atom. The first-order chi connectivity index (χ1) is 5.74. The summed E-state index contributed by atoms with van der Waals surface area (Å²) in [5, 5.41) is 11.3. The van der Waals surface area contributed by atoms with E-state index in [1.54, 1.807) is 12.6 Å². The Morgan fingerprint density at radius 1 is 1.62 bits per heavy atom. The SMILES string of the molecule is CN=C(Nc1nncs1)N(C)C.I. The van der Waals surface area contributed by atoms with Gasteiger partial charge < -0.3 is 10.2 Å². The highest BCUT2D eigenvalue weighted by molar-refractivity contribution is 14.0. The average Bonchev–Trinajstić information content (AvgIpc) is 2.51. The third-order valence-electron chi connectivity index (χ3n) is 1.21. The first kappa shape index (κ1) is 12.6. The number of anilines is 1. The molecule has 0 saturated heterocycles. The molecule has 0 aliphatic carbocycles. The molecule has 0 unspecified atom stereocenters. The molecule has 0 bridgehead atoms. The molecule has 1 aromatic rings. The lowest BCUT2D eigenvalue weighted by Crippen LogP contribution is -2.29. The molecule has 1 rings (SSSR count). The Kier molecular flexibility index (Phi) is 5.88. The Balaban J connectivity index is 0.00000144. The van der Waals surface area contributed by atoms with Crippen LogP contribution in [-0.2, 0) is 0 Å². The second kappa shape index (κ2) is 6.08. The highest BCUT2D eigenvalue weighted by Gasteiger charge is 2.02. The minimum atomic E-state index is 0. The van der Waals surface area contributed by atoms with Crippen molar-refractivity contribution in [2.45, 2.75) is 0 Å². The molecular weight excluding hydrogens is 301 g/mol. The summed E-state index contributed by atoms with van der Waals surface area (Å²) >= 11 is 1.44. The van der Waals surface area contributed by atoms with Crippen LogP contribution in [0.5, 0.6) is 0 Å². The first-order valence-corrected chi connectivity index (χ1v) is 4.29. The quantitative estimate of drug-likeness (QED) is 0.479. The second-order valence-electron chi connectivity index (χ2n) is 2.31. The molecule has 7 heteroatoms. The molecule has 0 spiro atoms. The minimum absolute atomic E-state index is 0. The van der Waals surface area contributed by atoms with Gasteiger partial charge in [-0.15, -0.1) is 34.2 Å². The average molecular weight is 313 g/mol. The van der Waals surface area contributed by atoms with Crippen molar-refractivity contribution in [3.8, 4) is 0 Å². The van der Waals surface area contributed by atoms with Crippen LogP contribution in [0.15, 0.2) is 10.5 Å². The molecule has 0 fully saturated rings. The van der Waals surface area contributed by atoms with Crippen LogP contribution in [0.4, 0.5) is 5.13 Å². The summed E-state index contributed by atoms with van der Waals surface area (Å²) in [5.74, 6) is 0.770. The van der Waals surface area contributed by atoms with Crippen molar-refractivity contribution in [2.75, 3.05) is 26.5 Å². The van der Waals surface area contributed by atoms with E-state index in [4.69, 9.17) is 0 Å². The van der Waals surface area contributed by atoms with Crippen LogP contribution >= 0.6 is 35.3 Å². The number of halogens is 1. The Hall–Kier alpha value is -0.440. The van der Waals surface area contributed by atoms with Crippen molar-refractivity contribution in [2.24, 2.45) is 4.99 Å². The predicted octanol–water partition coefficient (Wildman–Crippen LogP) is 1.12. The maximum absolute atomic E-state index is 4.03. The third kappa shape index (κ3) is 3.85. The summed E-state index contributed by atoms with van der Waals surface area (Å²) in [6, 6.07) is 0. The monoisotopic (exact) mass is 313 g/mol. The third-order valence-corrected chi connectivity index (χ3v) is 1.82. The molecule has 5 nitrogen and oxygen atoms in total. The lowest BCUT2D eigenvalue weighted by molar-refractivity contribution is 0.619. The van der Waals surface area contributed by atoms with Crippen molar-refractivity contribution >= 4 is 46.4 Å². The van der Waals surface area contributed by atoms with E-state index in [-0.39, 0.29) is 24.0 Å². The van der Waals surface area contributed by atoms with Crippen LogP contribution < -0.4 is 5.32 Å². The van der Waals surface area contributed by atoms with Crippen LogP contribution in [0.1, 0.15) is 0 Å². The number of aromatic nitrogens is 2. The van der Waals surface area contributed by atoms with E-state index in [9.17, 15) is 0 Å². The van der Waals surface area contributed by atoms with Crippen LogP contribution in [0.2, 0.25) is 0 Å². The van der Waals surface area contributed by atoms with Gasteiger partial charge in [0.2, 0.25) is 5.13 Å². The molecule has 0 aromatic carbocycles. The summed E-state index contributed by atoms with van der Waals surface area (Å²) in [7, 11) is 5.55. The number of hydrogen-bond donors (Lipinski definition) is 1. The van der Waals surface area contributed by atoms with Gasteiger partial charge in [-0.2, -0.15) is 0 Å². The maximum atomic E-state index is 4.03. The number of hydrogen-bond acceptors (Lipinski definition) is 4. The smallest absolute Gasteiger partial charge is 0.212 e. The normalized spacial score (nSPS) is 10.5. The number of nitrogens with zero attached hydrogens (tertiary/aromatic N) is 4. The minimum Gasteiger partial charge on any atom is -0.349 e. The molecule has 0 atom stereocenters. The van der Waals surface area contributed by atoms with Gasteiger partial charge in [-0.1, -0.05) is 11.3 Å². The van der Waals surface area contributed by atoms with Gasteiger partial charge >= 0.3 is 0 Å². The zero-order chi connectivity index (χ0) is 8.97. The van der Waals surface area contributed by atoms with Gasteiger partial charge in [0.1, 0.15) is 5.51 Å². The molecule has 0 aliphatic rings. The fourth-order valence-corrected chi connectivity index (χ4v) is 1.13. The molecule has 1 heterocycles. The molecule has 13 heavy (non-hydrogen) atoms. The van der Waals surface area contributed by atoms with Crippen LogP contribution in [0, 0.1) is 0 Å². The molecule has 0 radical (unpaired) electrons. The topological polar surface area (TPSA) is 53.4 Å². The fourth-order valence-electron chi connectivity index (χ4n) is 0.691. The van der Waals surface area contributed by atoms with Crippen LogP contribution in [-0.4, -0.2) is 42.2 Å². The fraction of sp³-hybridized carbons (Fsp3) is 0.500. The van der Waals surface area contributed by atoms with Crippen LogP contribution in [0.25, 0.3) is 0 Å². The zero-order valence-electron chi connectivity index (χ0n) is 7.68. The van der Waals surface area contributed by atoms with E-state index >= 15 is 0 Å². The van der Waals surface area contributed by atoms with E-state index < -0.39 is 0 Å². The van der Waals surface area contributed by atoms with Gasteiger partial charge in [0, 0.05) is 21.1 Å². The van der Waals surface area contributed by atoms with E-state index in [0.717, 1.165) is 11.1 Å². The molecule has 0 saturated carbocycles. The van der Waals surface area contributed by atoms with Gasteiger partial charge in [0.15, 0.2) is 5.96 Å². The lowest BCUT2D eigenvalue weighted by Gasteiger charge is -2.14. The summed E-state index contributed by atoms with van der Waals surface area (Å²) in [6.45, 7) is 0. The molecule has 0 amide bonds. The van der Waals surface area contributed by atoms with Crippen molar-refractivity contribution < 1.29 is 0 Å². The Bertz CT molecular complexity index is 258. The van der Waals surface area contributed by atoms with Gasteiger partial charge in [-0.05, 0) is 0 Å². The van der Waals surface area contributed by atoms with Gasteiger partial charge in [0.25, 0.3) is 0 Å². The summed E-state index contributed by atoms with van der Waals surface area (Å²) in [5.41, 5.74) is 1.67. The standard InChI is InChI=1S/C6H11N5S.HI/c1-7-5(11(2)3)9-6-10-8-4-12-6;/h4H,1-3H3,(H,7,9,10);1H. The van der Waals surface area contributed by atoms with Gasteiger partial charge in [-0.25, -0.2) is 0 Å². The zero-order valence-corrected chi connectivity index (χ0v) is 10.8. The molecule has 0 aliphatic heterocycles. The van der Waals surface area contributed by atoms with E-state index in [2.05, 4.69) is 20.5 Å². The summed E-state index contributed by atoms with van der Waals surface area (Å²) < 4.78 is 0. The van der Waals surface area contributed by atoms with Crippen molar-refractivity contribution in [3.63, 3.8) is 0 Å². The molecular formula is C6H12IN5S. The van der Waals surface area contributed by atoms with E-state index in [0.29, 0.717) is 0 Å². The molecule has 1 N–H and O–H groups in total. The van der Waals surface area contributed by atoms with Crippen molar-refractivity contribution in [1.82, 2.24) is 15.1 Å². The van der Waals surface area contributed by atoms with Crippen LogP contribution in [0.3, 0.4) is 0 Å². The summed E-state index contributed by atoms with van der Waals surface area (Å²) in [6.07, 6.45) is 0. The lowest BCUT2D eigenvalue weighted by atomic mass is 10.8. The highest BCUT2D eigenvalue weighted by Crippen LogP contribution is 2.07. The number of guanidine groups is 1. The van der Waals surface area contributed by atoms with Gasteiger partial charge in [-0.3, -0.25) is 4.99 Å². The maximum Gasteiger partial charge on any atom is 0.212 e. The number of nitrogens with one attached hydrogen (secondary N) is 1. The largest absolute Gasteiger partial charge is 0.349 e. The van der Waals surface area contributed by atoms with E-state index in [1.165, 1.54) is 11.3 Å². The first-order valence-electron chi connectivity index (χ1n) is 3.41. The summed E-state index contributed by atoms with van der Waals surface area (Å²) in [4.78, 5) is 5.91. The predicted molar refractivity (Wildman–Crippen MR) is 66.0 cm³/mol. The van der Waals surface area contributed by atoms with Crippen molar-refractivity contribution in [1.29, 1.82) is 0 Å². The number of aliphatic imine (C=N–C) groups is 1. The highest BCUT2D eigenvalue weighted by atomic mass is 127.